The van der Waals surface area contributed by atoms with Gasteiger partial charge in [-0.25, -0.2) is 8.42 Å². The van der Waals surface area contributed by atoms with Crippen molar-refractivity contribution in [3.05, 3.63) is 64.2 Å². The summed E-state index contributed by atoms with van der Waals surface area (Å²) in [4.78, 5) is 10.2. The maximum Gasteiger partial charge on any atom is 0.272 e. The summed E-state index contributed by atoms with van der Waals surface area (Å²) < 4.78 is 25.2. The van der Waals surface area contributed by atoms with Crippen LogP contribution in [0.5, 0.6) is 0 Å². The zero-order chi connectivity index (χ0) is 18.4. The number of hydrogen-bond acceptors (Lipinski definition) is 7. The first kappa shape index (κ1) is 18.8. The summed E-state index contributed by atoms with van der Waals surface area (Å²) in [6, 6.07) is 11.9. The Labute approximate surface area is 144 Å². The minimum atomic E-state index is -3.79. The van der Waals surface area contributed by atoms with Gasteiger partial charge in [-0.1, -0.05) is 30.3 Å². The number of nitrogens with one attached hydrogen (secondary N) is 1. The third-order valence-corrected chi connectivity index (χ3v) is 5.08. The fourth-order valence-corrected chi connectivity index (χ4v) is 3.55. The zero-order valence-corrected chi connectivity index (χ0v) is 14.0. The topological polar surface area (TPSA) is 130 Å². The molecule has 0 heterocycles. The highest BCUT2D eigenvalue weighted by Gasteiger charge is 2.20. The minimum Gasteiger partial charge on any atom is -0.394 e. The number of aliphatic hydroxyl groups is 2. The number of non-ortho nitro benzene ring substituents is 1. The summed E-state index contributed by atoms with van der Waals surface area (Å²) in [5, 5.41) is 31.9. The molecule has 0 aromatic heterocycles. The van der Waals surface area contributed by atoms with Gasteiger partial charge in [0.25, 0.3) is 5.69 Å². The number of rotatable bonds is 8. The lowest BCUT2D eigenvalue weighted by Gasteiger charge is -2.12. The number of hydrogen-bond donors (Lipinski definition) is 3. The van der Waals surface area contributed by atoms with Gasteiger partial charge in [-0.05, 0) is 11.6 Å². The van der Waals surface area contributed by atoms with Crippen LogP contribution in [-0.4, -0.2) is 42.8 Å². The van der Waals surface area contributed by atoms with E-state index < -0.39 is 27.5 Å². The van der Waals surface area contributed by atoms with Crippen molar-refractivity contribution in [2.75, 3.05) is 18.5 Å². The standard InChI is InChI=1S/C16H18N2O6S/c19-10-15(20)9-17-13-6-14(18(21)22)8-16(7-13)25(23,24)11-12-4-2-1-3-5-12/h1-8,15,17,19-20H,9-11H2. The lowest BCUT2D eigenvalue weighted by molar-refractivity contribution is -0.385. The highest BCUT2D eigenvalue weighted by molar-refractivity contribution is 7.90. The number of nitro benzene ring substituents is 1. The van der Waals surface area contributed by atoms with Gasteiger partial charge in [-0.15, -0.1) is 0 Å². The first-order valence-electron chi connectivity index (χ1n) is 7.41. The Morgan fingerprint density at radius 1 is 1.16 bits per heavy atom. The highest BCUT2D eigenvalue weighted by Crippen LogP contribution is 2.26. The summed E-state index contributed by atoms with van der Waals surface area (Å²) in [5.41, 5.74) is 0.364. The van der Waals surface area contributed by atoms with Crippen LogP contribution in [0.25, 0.3) is 0 Å². The molecule has 0 radical (unpaired) electrons. The quantitative estimate of drug-likeness (QED) is 0.475. The fraction of sp³-hybridized carbons (Fsp3) is 0.250. The molecule has 2 rings (SSSR count). The van der Waals surface area contributed by atoms with Crippen molar-refractivity contribution < 1.29 is 23.6 Å². The zero-order valence-electron chi connectivity index (χ0n) is 13.2. The van der Waals surface area contributed by atoms with Crippen LogP contribution in [-0.2, 0) is 15.6 Å². The van der Waals surface area contributed by atoms with Crippen molar-refractivity contribution in [2.24, 2.45) is 0 Å². The molecule has 0 fully saturated rings. The smallest absolute Gasteiger partial charge is 0.272 e. The average molecular weight is 366 g/mol. The van der Waals surface area contributed by atoms with Gasteiger partial charge in [0.15, 0.2) is 9.84 Å². The van der Waals surface area contributed by atoms with Crippen LogP contribution in [0, 0.1) is 10.1 Å². The van der Waals surface area contributed by atoms with Crippen LogP contribution < -0.4 is 5.32 Å². The molecule has 0 spiro atoms. The number of anilines is 1. The van der Waals surface area contributed by atoms with Crippen molar-refractivity contribution in [2.45, 2.75) is 16.8 Å². The number of nitro groups is 1. The molecule has 1 unspecified atom stereocenters. The minimum absolute atomic E-state index is 0.0736. The SMILES string of the molecule is O=[N+]([O-])c1cc(NCC(O)CO)cc(S(=O)(=O)Cc2ccccc2)c1. The van der Waals surface area contributed by atoms with Crippen molar-refractivity contribution in [3.63, 3.8) is 0 Å². The molecule has 3 N–H and O–H groups in total. The molecule has 0 bridgehead atoms. The highest BCUT2D eigenvalue weighted by atomic mass is 32.2. The summed E-state index contributed by atoms with van der Waals surface area (Å²) in [6.45, 7) is -0.559. The van der Waals surface area contributed by atoms with Crippen LogP contribution in [0.1, 0.15) is 5.56 Å². The number of nitrogens with zero attached hydrogens (tertiary/aromatic N) is 1. The fourth-order valence-electron chi connectivity index (χ4n) is 2.15. The van der Waals surface area contributed by atoms with Crippen LogP contribution in [0.3, 0.4) is 0 Å². The van der Waals surface area contributed by atoms with E-state index in [1.54, 1.807) is 30.3 Å². The largest absolute Gasteiger partial charge is 0.394 e. The molecule has 0 aliphatic carbocycles. The van der Waals surface area contributed by atoms with Crippen LogP contribution >= 0.6 is 0 Å². The molecule has 134 valence electrons. The van der Waals surface area contributed by atoms with Gasteiger partial charge in [0, 0.05) is 24.4 Å². The van der Waals surface area contributed by atoms with E-state index in [0.717, 1.165) is 6.07 Å². The summed E-state index contributed by atoms with van der Waals surface area (Å²) >= 11 is 0. The summed E-state index contributed by atoms with van der Waals surface area (Å²) in [6.07, 6.45) is -1.07. The third-order valence-electron chi connectivity index (χ3n) is 3.41. The van der Waals surface area contributed by atoms with Gasteiger partial charge >= 0.3 is 0 Å². The van der Waals surface area contributed by atoms with E-state index in [-0.39, 0.29) is 28.6 Å². The van der Waals surface area contributed by atoms with E-state index >= 15 is 0 Å². The monoisotopic (exact) mass is 366 g/mol. The normalized spacial score (nSPS) is 12.6. The van der Waals surface area contributed by atoms with E-state index in [0.29, 0.717) is 5.56 Å². The van der Waals surface area contributed by atoms with Gasteiger partial charge in [-0.3, -0.25) is 10.1 Å². The number of aliphatic hydroxyl groups excluding tert-OH is 2. The van der Waals surface area contributed by atoms with Crippen molar-refractivity contribution in [1.29, 1.82) is 0 Å². The van der Waals surface area contributed by atoms with Gasteiger partial charge < -0.3 is 15.5 Å². The second-order valence-corrected chi connectivity index (χ2v) is 7.42. The predicted octanol–water partition coefficient (Wildman–Crippen LogP) is 1.33. The van der Waals surface area contributed by atoms with Crippen molar-refractivity contribution in [1.82, 2.24) is 0 Å². The molecule has 2 aromatic rings. The third kappa shape index (κ3) is 5.24. The first-order valence-corrected chi connectivity index (χ1v) is 9.06. The lowest BCUT2D eigenvalue weighted by atomic mass is 10.2. The van der Waals surface area contributed by atoms with Crippen LogP contribution in [0.4, 0.5) is 11.4 Å². The van der Waals surface area contributed by atoms with Crippen LogP contribution in [0.2, 0.25) is 0 Å². The predicted molar refractivity (Wildman–Crippen MR) is 92.0 cm³/mol. The maximum absolute atomic E-state index is 12.6. The van der Waals surface area contributed by atoms with E-state index in [4.69, 9.17) is 5.11 Å². The van der Waals surface area contributed by atoms with E-state index in [1.165, 1.54) is 12.1 Å². The number of benzene rings is 2. The first-order chi connectivity index (χ1) is 11.8. The van der Waals surface area contributed by atoms with Crippen molar-refractivity contribution in [3.8, 4) is 0 Å². The van der Waals surface area contributed by atoms with Gasteiger partial charge in [0.2, 0.25) is 0 Å². The maximum atomic E-state index is 12.6. The molecule has 0 aliphatic heterocycles. The molecule has 0 aliphatic rings. The second kappa shape index (κ2) is 8.06. The van der Waals surface area contributed by atoms with Gasteiger partial charge in [0.1, 0.15) is 0 Å². The molecule has 0 saturated heterocycles. The molecular formula is C16H18N2O6S. The van der Waals surface area contributed by atoms with Gasteiger partial charge in [0.05, 0.1) is 28.3 Å². The molecule has 0 amide bonds. The molecular weight excluding hydrogens is 348 g/mol. The summed E-state index contributed by atoms with van der Waals surface area (Å²) in [5.74, 6) is -0.284. The van der Waals surface area contributed by atoms with Gasteiger partial charge in [-0.2, -0.15) is 0 Å². The van der Waals surface area contributed by atoms with Crippen molar-refractivity contribution >= 4 is 21.2 Å². The van der Waals surface area contributed by atoms with E-state index in [1.807, 2.05) is 0 Å². The Balaban J connectivity index is 2.34. The lowest BCUT2D eigenvalue weighted by Crippen LogP contribution is -2.23. The van der Waals surface area contributed by atoms with E-state index in [2.05, 4.69) is 5.32 Å². The molecule has 0 saturated carbocycles. The second-order valence-electron chi connectivity index (χ2n) is 5.43. The Hall–Kier alpha value is -2.49. The molecule has 9 heteroatoms. The average Bonchev–Trinajstić information content (AvgIpc) is 2.59. The Morgan fingerprint density at radius 2 is 1.84 bits per heavy atom. The summed E-state index contributed by atoms with van der Waals surface area (Å²) in [7, 11) is -3.79. The Bertz CT molecular complexity index is 839. The molecule has 25 heavy (non-hydrogen) atoms. The number of sulfone groups is 1. The van der Waals surface area contributed by atoms with E-state index in [9.17, 15) is 23.6 Å². The molecule has 8 nitrogen and oxygen atoms in total. The Morgan fingerprint density at radius 3 is 2.44 bits per heavy atom. The molecule has 2 aromatic carbocycles. The van der Waals surface area contributed by atoms with Crippen LogP contribution in [0.15, 0.2) is 53.4 Å². The molecule has 1 atom stereocenters. The Kier molecular flexibility index (Phi) is 6.07.